The smallest absolute Gasteiger partial charge is 0.241 e. The molecule has 1 aromatic rings. The maximum Gasteiger partial charge on any atom is 0.241 e. The molecule has 1 aliphatic heterocycles. The largest absolute Gasteiger partial charge is 0.302 e. The van der Waals surface area contributed by atoms with E-state index >= 15 is 0 Å². The van der Waals surface area contributed by atoms with Gasteiger partial charge in [0.05, 0.1) is 6.21 Å². The lowest BCUT2D eigenvalue weighted by atomic mass is 10.0. The third-order valence-electron chi connectivity index (χ3n) is 2.70. The number of carbonyl (C=O) groups is 3. The Morgan fingerprint density at radius 1 is 1.24 bits per heavy atom. The van der Waals surface area contributed by atoms with Crippen LogP contribution < -0.4 is 16.1 Å². The number of hydrazone groups is 1. The summed E-state index contributed by atoms with van der Waals surface area (Å²) in [6, 6.07) is 9.17. The van der Waals surface area contributed by atoms with Crippen LogP contribution in [0, 0.1) is 5.92 Å². The summed E-state index contributed by atoms with van der Waals surface area (Å²) < 4.78 is 0. The molecule has 1 aliphatic rings. The van der Waals surface area contributed by atoms with E-state index in [2.05, 4.69) is 33.4 Å². The lowest BCUT2D eigenvalue weighted by Crippen LogP contribution is -2.56. The molecule has 8 heteroatoms. The van der Waals surface area contributed by atoms with Crippen LogP contribution in [0.1, 0.15) is 12.0 Å². The second kappa shape index (κ2) is 6.71. The predicted octanol–water partition coefficient (Wildman–Crippen LogP) is -0.326. The standard InChI is InChI=1S/C13H12N4O3S/c18-10(17-14-7-8-4-2-1-3-5-8)6-9-11(19)15-13(21)16-12(9)20/h1-5,7,9H,6H2,(H,17,18)(H2,15,16,19,20,21)/b14-7+. The number of amides is 3. The van der Waals surface area contributed by atoms with E-state index in [0.717, 1.165) is 5.56 Å². The van der Waals surface area contributed by atoms with Crippen LogP contribution >= 0.6 is 12.2 Å². The molecule has 0 unspecified atom stereocenters. The molecule has 3 amide bonds. The van der Waals surface area contributed by atoms with E-state index in [1.165, 1.54) is 6.21 Å². The molecule has 7 nitrogen and oxygen atoms in total. The molecule has 3 N–H and O–H groups in total. The number of hydrogen-bond acceptors (Lipinski definition) is 5. The minimum absolute atomic E-state index is 0.0521. The summed E-state index contributed by atoms with van der Waals surface area (Å²) in [5.74, 6) is -2.83. The second-order valence-corrected chi connectivity index (χ2v) is 4.68. The molecular weight excluding hydrogens is 292 g/mol. The average Bonchev–Trinajstić information content (AvgIpc) is 2.44. The molecule has 1 aromatic carbocycles. The third-order valence-corrected chi connectivity index (χ3v) is 2.90. The molecule has 1 saturated heterocycles. The fraction of sp³-hybridized carbons (Fsp3) is 0.154. The Bertz CT molecular complexity index is 595. The van der Waals surface area contributed by atoms with Crippen molar-refractivity contribution in [3.05, 3.63) is 35.9 Å². The highest BCUT2D eigenvalue weighted by atomic mass is 32.1. The van der Waals surface area contributed by atoms with Crippen molar-refractivity contribution in [2.75, 3.05) is 0 Å². The van der Waals surface area contributed by atoms with Crippen LogP contribution in [0.2, 0.25) is 0 Å². The van der Waals surface area contributed by atoms with Crippen LogP contribution in [0.5, 0.6) is 0 Å². The number of nitrogens with zero attached hydrogens (tertiary/aromatic N) is 1. The van der Waals surface area contributed by atoms with Gasteiger partial charge in [-0.3, -0.25) is 14.4 Å². The van der Waals surface area contributed by atoms with Crippen molar-refractivity contribution < 1.29 is 14.4 Å². The first kappa shape index (κ1) is 14.8. The number of hydrogen-bond donors (Lipinski definition) is 3. The van der Waals surface area contributed by atoms with E-state index in [0.29, 0.717) is 0 Å². The van der Waals surface area contributed by atoms with Gasteiger partial charge in [0.1, 0.15) is 5.92 Å². The zero-order valence-corrected chi connectivity index (χ0v) is 11.6. The Labute approximate surface area is 125 Å². The summed E-state index contributed by atoms with van der Waals surface area (Å²) in [6.07, 6.45) is 1.17. The maximum absolute atomic E-state index is 11.7. The Hall–Kier alpha value is -2.61. The molecule has 21 heavy (non-hydrogen) atoms. The van der Waals surface area contributed by atoms with E-state index < -0.39 is 23.6 Å². The highest BCUT2D eigenvalue weighted by molar-refractivity contribution is 7.80. The van der Waals surface area contributed by atoms with Gasteiger partial charge in [-0.2, -0.15) is 5.10 Å². The quantitative estimate of drug-likeness (QED) is 0.307. The number of thiocarbonyl (C=S) groups is 1. The first-order chi connectivity index (χ1) is 10.1. The Kier molecular flexibility index (Phi) is 4.72. The molecule has 2 rings (SSSR count). The Morgan fingerprint density at radius 3 is 2.48 bits per heavy atom. The molecule has 0 aromatic heterocycles. The van der Waals surface area contributed by atoms with Crippen molar-refractivity contribution >= 4 is 41.3 Å². The van der Waals surface area contributed by atoms with Crippen LogP contribution in [0.15, 0.2) is 35.4 Å². The molecule has 0 radical (unpaired) electrons. The highest BCUT2D eigenvalue weighted by Crippen LogP contribution is 2.07. The van der Waals surface area contributed by atoms with Crippen LogP contribution in [0.4, 0.5) is 0 Å². The van der Waals surface area contributed by atoms with Gasteiger partial charge in [-0.1, -0.05) is 30.3 Å². The Balaban J connectivity index is 1.87. The number of nitrogens with one attached hydrogen (secondary N) is 3. The van der Waals surface area contributed by atoms with Gasteiger partial charge in [0.25, 0.3) is 0 Å². The molecule has 0 atom stereocenters. The van der Waals surface area contributed by atoms with Crippen molar-refractivity contribution in [3.8, 4) is 0 Å². The van der Waals surface area contributed by atoms with E-state index in [9.17, 15) is 14.4 Å². The monoisotopic (exact) mass is 304 g/mol. The molecule has 0 bridgehead atoms. The van der Waals surface area contributed by atoms with Crippen molar-refractivity contribution in [1.82, 2.24) is 16.1 Å². The molecule has 0 spiro atoms. The fourth-order valence-electron chi connectivity index (χ4n) is 1.68. The van der Waals surface area contributed by atoms with Crippen molar-refractivity contribution in [3.63, 3.8) is 0 Å². The number of carbonyl (C=O) groups excluding carboxylic acids is 3. The normalized spacial score (nSPS) is 15.7. The average molecular weight is 304 g/mol. The predicted molar refractivity (Wildman–Crippen MR) is 79.2 cm³/mol. The lowest BCUT2D eigenvalue weighted by molar-refractivity contribution is -0.138. The van der Waals surface area contributed by atoms with Crippen LogP contribution in [0.3, 0.4) is 0 Å². The highest BCUT2D eigenvalue weighted by Gasteiger charge is 2.34. The fourth-order valence-corrected chi connectivity index (χ4v) is 1.88. The molecule has 0 saturated carbocycles. The zero-order chi connectivity index (χ0) is 15.2. The lowest BCUT2D eigenvalue weighted by Gasteiger charge is -2.21. The van der Waals surface area contributed by atoms with Crippen LogP contribution in [-0.4, -0.2) is 29.0 Å². The topological polar surface area (TPSA) is 99.7 Å². The van der Waals surface area contributed by atoms with E-state index in [4.69, 9.17) is 0 Å². The summed E-state index contributed by atoms with van der Waals surface area (Å²) in [5, 5.41) is 8.28. The minimum atomic E-state index is -1.11. The summed E-state index contributed by atoms with van der Waals surface area (Å²) in [7, 11) is 0. The summed E-state index contributed by atoms with van der Waals surface area (Å²) >= 11 is 4.66. The van der Waals surface area contributed by atoms with Gasteiger partial charge in [-0.05, 0) is 17.8 Å². The van der Waals surface area contributed by atoms with Gasteiger partial charge in [0, 0.05) is 6.42 Å². The number of benzene rings is 1. The van der Waals surface area contributed by atoms with Gasteiger partial charge < -0.3 is 10.6 Å². The van der Waals surface area contributed by atoms with Crippen LogP contribution in [0.25, 0.3) is 0 Å². The van der Waals surface area contributed by atoms with Gasteiger partial charge in [0.2, 0.25) is 17.7 Å². The van der Waals surface area contributed by atoms with Gasteiger partial charge in [-0.15, -0.1) is 0 Å². The first-order valence-corrected chi connectivity index (χ1v) is 6.50. The second-order valence-electron chi connectivity index (χ2n) is 4.27. The van der Waals surface area contributed by atoms with E-state index in [1.807, 2.05) is 30.3 Å². The van der Waals surface area contributed by atoms with E-state index in [1.54, 1.807) is 0 Å². The van der Waals surface area contributed by atoms with Gasteiger partial charge in [0.15, 0.2) is 5.11 Å². The van der Waals surface area contributed by atoms with E-state index in [-0.39, 0.29) is 11.5 Å². The third kappa shape index (κ3) is 4.18. The summed E-state index contributed by atoms with van der Waals surface area (Å²) in [6.45, 7) is 0. The molecule has 1 heterocycles. The first-order valence-electron chi connectivity index (χ1n) is 6.09. The summed E-state index contributed by atoms with van der Waals surface area (Å²) in [5.41, 5.74) is 3.08. The van der Waals surface area contributed by atoms with Crippen LogP contribution in [-0.2, 0) is 14.4 Å². The van der Waals surface area contributed by atoms with Crippen molar-refractivity contribution in [2.45, 2.75) is 6.42 Å². The molecule has 108 valence electrons. The van der Waals surface area contributed by atoms with Gasteiger partial charge >= 0.3 is 0 Å². The minimum Gasteiger partial charge on any atom is -0.302 e. The van der Waals surface area contributed by atoms with Crippen molar-refractivity contribution in [1.29, 1.82) is 0 Å². The zero-order valence-electron chi connectivity index (χ0n) is 10.8. The molecule has 1 fully saturated rings. The maximum atomic E-state index is 11.7. The SMILES string of the molecule is O=C(CC1C(=O)NC(=S)NC1=O)N/N=C/c1ccccc1. The van der Waals surface area contributed by atoms with Gasteiger partial charge in [-0.25, -0.2) is 5.43 Å². The number of rotatable bonds is 4. The van der Waals surface area contributed by atoms with Crippen molar-refractivity contribution in [2.24, 2.45) is 11.0 Å². The molecular formula is C13H12N4O3S. The molecule has 0 aliphatic carbocycles. The summed E-state index contributed by atoms with van der Waals surface area (Å²) in [4.78, 5) is 34.8. The Morgan fingerprint density at radius 2 is 1.86 bits per heavy atom.